The van der Waals surface area contributed by atoms with Gasteiger partial charge in [-0.2, -0.15) is 13.2 Å². The highest BCUT2D eigenvalue weighted by molar-refractivity contribution is 5.82. The zero-order valence-electron chi connectivity index (χ0n) is 13.0. The Morgan fingerprint density at radius 3 is 2.32 bits per heavy atom. The van der Waals surface area contributed by atoms with E-state index in [1.807, 2.05) is 0 Å². The number of amides is 1. The predicted octanol–water partition coefficient (Wildman–Crippen LogP) is -1.26. The molecule has 1 saturated heterocycles. The van der Waals surface area contributed by atoms with Crippen molar-refractivity contribution in [3.8, 4) is 0 Å². The molecule has 0 aromatic carbocycles. The Labute approximate surface area is 140 Å². The van der Waals surface area contributed by atoms with Crippen LogP contribution in [-0.4, -0.2) is 82.3 Å². The molecule has 5 atom stereocenters. The maximum Gasteiger partial charge on any atom is 0.471 e. The molecule has 12 heteroatoms. The number of carboxylic acid groups (broad SMARTS) is 1. The van der Waals surface area contributed by atoms with Crippen molar-refractivity contribution in [1.82, 2.24) is 5.32 Å². The Hall–Kier alpha value is -1.47. The summed E-state index contributed by atoms with van der Waals surface area (Å²) in [7, 11) is 0. The lowest BCUT2D eigenvalue weighted by molar-refractivity contribution is -0.272. The molecule has 0 aliphatic carbocycles. The van der Waals surface area contributed by atoms with Gasteiger partial charge in [0.1, 0.15) is 24.4 Å². The number of halogens is 3. The van der Waals surface area contributed by atoms with Crippen LogP contribution in [0.25, 0.3) is 0 Å². The summed E-state index contributed by atoms with van der Waals surface area (Å²) in [5.74, 6) is -3.38. The zero-order valence-corrected chi connectivity index (χ0v) is 13.0. The molecule has 1 amide bonds. The van der Waals surface area contributed by atoms with E-state index in [1.54, 1.807) is 0 Å². The van der Waals surface area contributed by atoms with Gasteiger partial charge in [-0.25, -0.2) is 0 Å². The average molecular weight is 375 g/mol. The number of ether oxygens (including phenoxy) is 2. The summed E-state index contributed by atoms with van der Waals surface area (Å²) >= 11 is 0. The molecular formula is C13H20F3NO8. The smallest absolute Gasteiger partial charge is 0.471 e. The topological polar surface area (TPSA) is 146 Å². The van der Waals surface area contributed by atoms with E-state index < -0.39 is 55.3 Å². The number of carboxylic acids is 1. The van der Waals surface area contributed by atoms with Crippen molar-refractivity contribution < 1.29 is 52.7 Å². The number of hydrogen-bond donors (Lipinski definition) is 5. The van der Waals surface area contributed by atoms with E-state index >= 15 is 0 Å². The lowest BCUT2D eigenvalue weighted by Crippen LogP contribution is -2.65. The molecule has 0 spiro atoms. The molecule has 0 radical (unpaired) electrons. The van der Waals surface area contributed by atoms with Crippen molar-refractivity contribution in [3.63, 3.8) is 0 Å². The summed E-state index contributed by atoms with van der Waals surface area (Å²) in [4.78, 5) is 21.5. The summed E-state index contributed by atoms with van der Waals surface area (Å²) in [5, 5.41) is 38.7. The third-order valence-corrected chi connectivity index (χ3v) is 3.50. The van der Waals surface area contributed by atoms with Crippen LogP contribution < -0.4 is 5.32 Å². The van der Waals surface area contributed by atoms with Crippen molar-refractivity contribution in [1.29, 1.82) is 0 Å². The van der Waals surface area contributed by atoms with E-state index in [0.29, 0.717) is 0 Å². The molecule has 5 N–H and O–H groups in total. The largest absolute Gasteiger partial charge is 0.481 e. The summed E-state index contributed by atoms with van der Waals surface area (Å²) in [5.41, 5.74) is 0. The van der Waals surface area contributed by atoms with Crippen molar-refractivity contribution in [2.24, 2.45) is 0 Å². The van der Waals surface area contributed by atoms with Crippen LogP contribution in [0.1, 0.15) is 19.3 Å². The molecule has 146 valence electrons. The molecule has 1 aliphatic heterocycles. The number of nitrogens with one attached hydrogen (secondary N) is 1. The van der Waals surface area contributed by atoms with Crippen molar-refractivity contribution in [3.05, 3.63) is 0 Å². The number of rotatable bonds is 8. The fraction of sp³-hybridized carbons (Fsp3) is 0.846. The Kier molecular flexibility index (Phi) is 8.02. The van der Waals surface area contributed by atoms with E-state index in [4.69, 9.17) is 19.7 Å². The fourth-order valence-electron chi connectivity index (χ4n) is 2.19. The minimum Gasteiger partial charge on any atom is -0.481 e. The lowest BCUT2D eigenvalue weighted by atomic mass is 9.97. The summed E-state index contributed by atoms with van der Waals surface area (Å²) in [6, 6.07) is -1.73. The highest BCUT2D eigenvalue weighted by atomic mass is 19.4. The molecule has 1 heterocycles. The van der Waals surface area contributed by atoms with Crippen LogP contribution in [0.5, 0.6) is 0 Å². The van der Waals surface area contributed by atoms with Gasteiger partial charge in [-0.3, -0.25) is 9.59 Å². The van der Waals surface area contributed by atoms with Gasteiger partial charge in [0, 0.05) is 13.0 Å². The van der Waals surface area contributed by atoms with Crippen LogP contribution in [0.15, 0.2) is 0 Å². The number of aliphatic carboxylic acids is 1. The monoisotopic (exact) mass is 375 g/mol. The third kappa shape index (κ3) is 6.40. The van der Waals surface area contributed by atoms with E-state index in [0.717, 1.165) is 0 Å². The quantitative estimate of drug-likeness (QED) is 0.331. The first-order chi connectivity index (χ1) is 11.6. The second kappa shape index (κ2) is 9.29. The van der Waals surface area contributed by atoms with Gasteiger partial charge in [0.2, 0.25) is 0 Å². The normalized spacial score (nSPS) is 30.1. The van der Waals surface area contributed by atoms with Gasteiger partial charge >= 0.3 is 18.1 Å². The van der Waals surface area contributed by atoms with Crippen molar-refractivity contribution in [2.75, 3.05) is 13.2 Å². The molecular weight excluding hydrogens is 355 g/mol. The van der Waals surface area contributed by atoms with E-state index in [2.05, 4.69) is 0 Å². The minimum absolute atomic E-state index is 0.128. The standard InChI is InChI=1S/C13H20F3NO8/c14-13(15,16)12(23)17-8-10(22)9(21)6(5-18)25-11(8)24-4-2-1-3-7(19)20/h6,8-11,18,21-22H,1-5H2,(H,17,23)(H,19,20)/t6?,8-,9-,10?,11+/m0/s1. The average Bonchev–Trinajstić information content (AvgIpc) is 2.51. The highest BCUT2D eigenvalue weighted by Gasteiger charge is 2.49. The van der Waals surface area contributed by atoms with Crippen molar-refractivity contribution in [2.45, 2.75) is 56.1 Å². The van der Waals surface area contributed by atoms with Crippen molar-refractivity contribution >= 4 is 11.9 Å². The second-order valence-electron chi connectivity index (χ2n) is 5.43. The molecule has 1 fully saturated rings. The number of alkyl halides is 3. The van der Waals surface area contributed by atoms with Crippen LogP contribution in [0.3, 0.4) is 0 Å². The Morgan fingerprint density at radius 2 is 1.80 bits per heavy atom. The Bertz CT molecular complexity index is 461. The first-order valence-corrected chi connectivity index (χ1v) is 7.41. The number of carbonyl (C=O) groups is 2. The maximum atomic E-state index is 12.4. The van der Waals surface area contributed by atoms with Crippen LogP contribution in [-0.2, 0) is 19.1 Å². The molecule has 9 nitrogen and oxygen atoms in total. The van der Waals surface area contributed by atoms with Gasteiger partial charge in [-0.05, 0) is 12.8 Å². The molecule has 25 heavy (non-hydrogen) atoms. The van der Waals surface area contributed by atoms with Crippen LogP contribution in [0.2, 0.25) is 0 Å². The highest BCUT2D eigenvalue weighted by Crippen LogP contribution is 2.24. The van der Waals surface area contributed by atoms with Crippen LogP contribution in [0.4, 0.5) is 13.2 Å². The summed E-state index contributed by atoms with van der Waals surface area (Å²) in [6.45, 7) is -0.867. The van der Waals surface area contributed by atoms with Gasteiger partial charge in [-0.15, -0.1) is 0 Å². The first-order valence-electron chi connectivity index (χ1n) is 7.41. The molecule has 0 saturated carbocycles. The first kappa shape index (κ1) is 21.6. The van der Waals surface area contributed by atoms with Gasteiger partial charge in [0.25, 0.3) is 0 Å². The SMILES string of the molecule is O=C(O)CCCCO[C@@H]1OC(CO)[C@H](O)C(O)[C@@H]1NC(=O)C(F)(F)F. The van der Waals surface area contributed by atoms with Gasteiger partial charge in [0.15, 0.2) is 6.29 Å². The number of unbranched alkanes of at least 4 members (excludes halogenated alkanes) is 1. The van der Waals surface area contributed by atoms with Crippen LogP contribution in [0, 0.1) is 0 Å². The second-order valence-corrected chi connectivity index (χ2v) is 5.43. The number of aliphatic hydroxyl groups is 3. The molecule has 1 rings (SSSR count). The number of carbonyl (C=O) groups excluding carboxylic acids is 1. The zero-order chi connectivity index (χ0) is 19.2. The van der Waals surface area contributed by atoms with E-state index in [1.165, 1.54) is 5.32 Å². The number of aliphatic hydroxyl groups excluding tert-OH is 3. The Morgan fingerprint density at radius 1 is 1.16 bits per heavy atom. The molecule has 0 aromatic rings. The lowest BCUT2D eigenvalue weighted by Gasteiger charge is -2.42. The third-order valence-electron chi connectivity index (χ3n) is 3.50. The molecule has 1 aliphatic rings. The van der Waals surface area contributed by atoms with Crippen LogP contribution >= 0.6 is 0 Å². The molecule has 0 aromatic heterocycles. The van der Waals surface area contributed by atoms with E-state index in [9.17, 15) is 33.0 Å². The van der Waals surface area contributed by atoms with Gasteiger partial charge in [0.05, 0.1) is 6.61 Å². The predicted molar refractivity (Wildman–Crippen MR) is 73.2 cm³/mol. The summed E-state index contributed by atoms with van der Waals surface area (Å²) in [6.07, 6.45) is -11.4. The van der Waals surface area contributed by atoms with Gasteiger partial charge < -0.3 is 35.2 Å². The summed E-state index contributed by atoms with van der Waals surface area (Å²) < 4.78 is 47.4. The molecule has 2 unspecified atom stereocenters. The number of hydrogen-bond acceptors (Lipinski definition) is 7. The fourth-order valence-corrected chi connectivity index (χ4v) is 2.19. The van der Waals surface area contributed by atoms with E-state index in [-0.39, 0.29) is 25.9 Å². The minimum atomic E-state index is -5.22. The molecule has 0 bridgehead atoms. The maximum absolute atomic E-state index is 12.4. The Balaban J connectivity index is 2.72. The van der Waals surface area contributed by atoms with Gasteiger partial charge in [-0.1, -0.05) is 0 Å².